The van der Waals surface area contributed by atoms with Crippen LogP contribution in [0.15, 0.2) is 41.3 Å². The predicted octanol–water partition coefficient (Wildman–Crippen LogP) is 2.60. The molecule has 2 N–H and O–H groups in total. The van der Waals surface area contributed by atoms with Crippen LogP contribution in [0.25, 0.3) is 0 Å². The lowest BCUT2D eigenvalue weighted by molar-refractivity contribution is 0.810. The van der Waals surface area contributed by atoms with Crippen LogP contribution < -0.4 is 5.73 Å². The largest absolute Gasteiger partial charge is 0.319 e. The van der Waals surface area contributed by atoms with Crippen LogP contribution >= 0.6 is 15.9 Å². The molecule has 0 spiro atoms. The van der Waals surface area contributed by atoms with Crippen molar-refractivity contribution in [3.05, 3.63) is 58.1 Å². The fraction of sp³-hybridized carbons (Fsp3) is 0.167. The average molecular weight is 278 g/mol. The third kappa shape index (κ3) is 2.13. The summed E-state index contributed by atoms with van der Waals surface area (Å²) < 4.78 is 1.06. The zero-order valence-electron chi connectivity index (χ0n) is 8.89. The third-order valence-electron chi connectivity index (χ3n) is 2.55. The van der Waals surface area contributed by atoms with Crippen LogP contribution in [0.3, 0.4) is 0 Å². The monoisotopic (exact) mass is 277 g/mol. The highest BCUT2D eigenvalue weighted by molar-refractivity contribution is 9.10. The van der Waals surface area contributed by atoms with Crippen molar-refractivity contribution in [1.29, 1.82) is 0 Å². The molecule has 1 unspecified atom stereocenters. The summed E-state index contributed by atoms with van der Waals surface area (Å²) in [5.41, 5.74) is 9.15. The molecule has 0 radical (unpaired) electrons. The Morgan fingerprint density at radius 2 is 2.12 bits per heavy atom. The van der Waals surface area contributed by atoms with Gasteiger partial charge in [0.2, 0.25) is 0 Å². The molecule has 1 aromatic carbocycles. The summed E-state index contributed by atoms with van der Waals surface area (Å²) in [5.74, 6) is 0. The van der Waals surface area contributed by atoms with Gasteiger partial charge in [0.25, 0.3) is 0 Å². The zero-order valence-corrected chi connectivity index (χ0v) is 10.5. The lowest BCUT2D eigenvalue weighted by Gasteiger charge is -2.14. The van der Waals surface area contributed by atoms with Gasteiger partial charge in [0, 0.05) is 16.9 Å². The van der Waals surface area contributed by atoms with Crippen LogP contribution in [0.2, 0.25) is 0 Å². The van der Waals surface area contributed by atoms with Gasteiger partial charge in [0.1, 0.15) is 0 Å². The van der Waals surface area contributed by atoms with Crippen molar-refractivity contribution in [2.75, 3.05) is 0 Å². The van der Waals surface area contributed by atoms with Gasteiger partial charge in [-0.05, 0) is 24.1 Å². The minimum Gasteiger partial charge on any atom is -0.319 e. The second-order valence-corrected chi connectivity index (χ2v) is 4.42. The molecule has 3 nitrogen and oxygen atoms in total. The summed E-state index contributed by atoms with van der Waals surface area (Å²) >= 11 is 3.50. The first-order chi connectivity index (χ1) is 7.70. The van der Waals surface area contributed by atoms with Crippen molar-refractivity contribution in [2.24, 2.45) is 5.73 Å². The Hall–Kier alpha value is -1.26. The second kappa shape index (κ2) is 4.72. The highest BCUT2D eigenvalue weighted by Crippen LogP contribution is 2.26. The number of nitrogens with zero attached hydrogens (tertiary/aromatic N) is 2. The van der Waals surface area contributed by atoms with Crippen LogP contribution in [0.1, 0.15) is 22.9 Å². The van der Waals surface area contributed by atoms with E-state index in [0.29, 0.717) is 0 Å². The van der Waals surface area contributed by atoms with Gasteiger partial charge in [0.15, 0.2) is 0 Å². The zero-order chi connectivity index (χ0) is 11.5. The predicted molar refractivity (Wildman–Crippen MR) is 66.9 cm³/mol. The smallest absolute Gasteiger partial charge is 0.0799 e. The number of benzene rings is 1. The lowest BCUT2D eigenvalue weighted by atomic mass is 10.00. The van der Waals surface area contributed by atoms with Gasteiger partial charge in [-0.1, -0.05) is 28.1 Å². The molecule has 82 valence electrons. The first kappa shape index (κ1) is 11.2. The fourth-order valence-electron chi connectivity index (χ4n) is 1.59. The molecule has 2 aromatic rings. The first-order valence-corrected chi connectivity index (χ1v) is 5.76. The van der Waals surface area contributed by atoms with Gasteiger partial charge < -0.3 is 5.73 Å². The van der Waals surface area contributed by atoms with E-state index < -0.39 is 0 Å². The van der Waals surface area contributed by atoms with E-state index in [2.05, 4.69) is 25.9 Å². The summed E-state index contributed by atoms with van der Waals surface area (Å²) in [4.78, 5) is 8.25. The molecular weight excluding hydrogens is 266 g/mol. The van der Waals surface area contributed by atoms with Gasteiger partial charge in [-0.3, -0.25) is 9.97 Å². The maximum absolute atomic E-state index is 6.16. The Labute approximate surface area is 103 Å². The van der Waals surface area contributed by atoms with Gasteiger partial charge in [-0.25, -0.2) is 0 Å². The number of halogens is 1. The summed E-state index contributed by atoms with van der Waals surface area (Å²) in [6, 6.07) is 5.76. The van der Waals surface area contributed by atoms with E-state index in [4.69, 9.17) is 5.73 Å². The van der Waals surface area contributed by atoms with Crippen molar-refractivity contribution in [3.63, 3.8) is 0 Å². The second-order valence-electron chi connectivity index (χ2n) is 3.56. The van der Waals surface area contributed by atoms with E-state index in [-0.39, 0.29) is 6.04 Å². The van der Waals surface area contributed by atoms with Gasteiger partial charge >= 0.3 is 0 Å². The maximum Gasteiger partial charge on any atom is 0.0799 e. The van der Waals surface area contributed by atoms with E-state index in [1.54, 1.807) is 18.6 Å². The molecule has 0 aliphatic carbocycles. The molecule has 0 aliphatic heterocycles. The molecule has 2 rings (SSSR count). The summed E-state index contributed by atoms with van der Waals surface area (Å²) in [6.07, 6.45) is 5.00. The van der Waals surface area contributed by atoms with Gasteiger partial charge in [0.05, 0.1) is 17.9 Å². The normalized spacial score (nSPS) is 12.4. The molecule has 1 aromatic heterocycles. The molecule has 0 fully saturated rings. The maximum atomic E-state index is 6.16. The first-order valence-electron chi connectivity index (χ1n) is 4.96. The quantitative estimate of drug-likeness (QED) is 0.918. The van der Waals surface area contributed by atoms with Gasteiger partial charge in [-0.2, -0.15) is 0 Å². The van der Waals surface area contributed by atoms with E-state index in [1.807, 2.05) is 25.1 Å². The molecule has 0 saturated heterocycles. The van der Waals surface area contributed by atoms with Crippen molar-refractivity contribution >= 4 is 15.9 Å². The lowest BCUT2D eigenvalue weighted by Crippen LogP contribution is -2.15. The van der Waals surface area contributed by atoms with Crippen LogP contribution in [-0.2, 0) is 0 Å². The molecule has 0 saturated carbocycles. The van der Waals surface area contributed by atoms with Crippen molar-refractivity contribution < 1.29 is 0 Å². The number of hydrogen-bond acceptors (Lipinski definition) is 3. The minimum absolute atomic E-state index is 0.230. The van der Waals surface area contributed by atoms with E-state index in [9.17, 15) is 0 Å². The van der Waals surface area contributed by atoms with E-state index in [1.165, 1.54) is 0 Å². The Balaban J connectivity index is 2.42. The average Bonchev–Trinajstić information content (AvgIpc) is 2.33. The highest BCUT2D eigenvalue weighted by atomic mass is 79.9. The summed E-state index contributed by atoms with van der Waals surface area (Å²) in [6.45, 7) is 2.04. The molecule has 1 atom stereocenters. The molecule has 0 bridgehead atoms. The van der Waals surface area contributed by atoms with Crippen molar-refractivity contribution in [3.8, 4) is 0 Å². The third-order valence-corrected chi connectivity index (χ3v) is 3.41. The van der Waals surface area contributed by atoms with Gasteiger partial charge in [-0.15, -0.1) is 0 Å². The van der Waals surface area contributed by atoms with Crippen molar-refractivity contribution in [2.45, 2.75) is 13.0 Å². The van der Waals surface area contributed by atoms with Crippen LogP contribution in [-0.4, -0.2) is 9.97 Å². The number of nitrogens with two attached hydrogens (primary N) is 1. The Morgan fingerprint density at radius 1 is 1.31 bits per heavy atom. The molecule has 0 aliphatic rings. The fourth-order valence-corrected chi connectivity index (χ4v) is 1.97. The Kier molecular flexibility index (Phi) is 3.31. The number of aromatic nitrogens is 2. The van der Waals surface area contributed by atoms with Crippen LogP contribution in [0, 0.1) is 6.92 Å². The topological polar surface area (TPSA) is 51.8 Å². The molecule has 1 heterocycles. The van der Waals surface area contributed by atoms with E-state index >= 15 is 0 Å². The molecular formula is C12H12BrN3. The SMILES string of the molecule is Cc1c(Br)cccc1C(N)c1cnccn1. The van der Waals surface area contributed by atoms with Crippen LogP contribution in [0.4, 0.5) is 0 Å². The molecule has 0 amide bonds. The number of hydrogen-bond donors (Lipinski definition) is 1. The number of rotatable bonds is 2. The Bertz CT molecular complexity index is 485. The molecule has 4 heteroatoms. The van der Waals surface area contributed by atoms with Crippen molar-refractivity contribution in [1.82, 2.24) is 9.97 Å². The highest BCUT2D eigenvalue weighted by Gasteiger charge is 2.13. The molecule has 16 heavy (non-hydrogen) atoms. The Morgan fingerprint density at radius 3 is 2.81 bits per heavy atom. The van der Waals surface area contributed by atoms with Crippen LogP contribution in [0.5, 0.6) is 0 Å². The standard InChI is InChI=1S/C12H12BrN3/c1-8-9(3-2-4-10(8)13)12(14)11-7-15-5-6-16-11/h2-7,12H,14H2,1H3. The van der Waals surface area contributed by atoms with E-state index in [0.717, 1.165) is 21.3 Å². The minimum atomic E-state index is -0.230. The summed E-state index contributed by atoms with van der Waals surface area (Å²) in [7, 11) is 0. The summed E-state index contributed by atoms with van der Waals surface area (Å²) in [5, 5.41) is 0.